The Kier molecular flexibility index (Phi) is 4.60. The van der Waals surface area contributed by atoms with E-state index in [0.29, 0.717) is 23.1 Å². The third-order valence-corrected chi connectivity index (χ3v) is 6.83. The molecule has 0 unspecified atom stereocenters. The summed E-state index contributed by atoms with van der Waals surface area (Å²) in [5.41, 5.74) is -1.04. The molecule has 0 aromatic carbocycles. The van der Waals surface area contributed by atoms with Gasteiger partial charge in [0.2, 0.25) is 0 Å². The van der Waals surface area contributed by atoms with Crippen molar-refractivity contribution in [3.63, 3.8) is 0 Å². The Bertz CT molecular complexity index is 528. The van der Waals surface area contributed by atoms with Crippen molar-refractivity contribution in [2.45, 2.75) is 44.0 Å². The molecule has 0 atom stereocenters. The lowest BCUT2D eigenvalue weighted by Gasteiger charge is -2.34. The fourth-order valence-electron chi connectivity index (χ4n) is 2.55. The topological polar surface area (TPSA) is 54.4 Å². The highest BCUT2D eigenvalue weighted by Gasteiger charge is 2.36. The van der Waals surface area contributed by atoms with Gasteiger partial charge in [-0.15, -0.1) is 11.3 Å². The number of sulfone groups is 1. The van der Waals surface area contributed by atoms with Gasteiger partial charge in [0.05, 0.1) is 21.4 Å². The van der Waals surface area contributed by atoms with E-state index >= 15 is 0 Å². The monoisotopic (exact) mass is 322 g/mol. The Morgan fingerprint density at radius 3 is 2.58 bits per heavy atom. The number of hydrogen-bond donors (Lipinski definition) is 1. The van der Waals surface area contributed by atoms with Crippen LogP contribution in [0.15, 0.2) is 12.1 Å². The van der Waals surface area contributed by atoms with Gasteiger partial charge in [0.15, 0.2) is 9.84 Å². The zero-order valence-electron chi connectivity index (χ0n) is 10.9. The van der Waals surface area contributed by atoms with Gasteiger partial charge in [-0.1, -0.05) is 18.5 Å². The van der Waals surface area contributed by atoms with Gasteiger partial charge in [-0.05, 0) is 43.7 Å². The van der Waals surface area contributed by atoms with Gasteiger partial charge in [-0.2, -0.15) is 0 Å². The van der Waals surface area contributed by atoms with Gasteiger partial charge in [0.1, 0.15) is 0 Å². The highest BCUT2D eigenvalue weighted by Crippen LogP contribution is 2.33. The first-order valence-corrected chi connectivity index (χ1v) is 9.47. The summed E-state index contributed by atoms with van der Waals surface area (Å²) in [6.07, 6.45) is 2.96. The second kappa shape index (κ2) is 5.72. The predicted molar refractivity (Wildman–Crippen MR) is 79.4 cm³/mol. The van der Waals surface area contributed by atoms with E-state index in [2.05, 4.69) is 6.92 Å². The molecule has 0 saturated heterocycles. The summed E-state index contributed by atoms with van der Waals surface area (Å²) < 4.78 is 24.9. The van der Waals surface area contributed by atoms with Crippen LogP contribution in [0.5, 0.6) is 0 Å². The predicted octanol–water partition coefficient (Wildman–Crippen LogP) is 3.26. The highest BCUT2D eigenvalue weighted by molar-refractivity contribution is 7.90. The summed E-state index contributed by atoms with van der Waals surface area (Å²) in [6.45, 7) is 2.14. The SMILES string of the molecule is CC1CCC(O)(CS(=O)(=O)Cc2ccc(Cl)s2)CC1. The van der Waals surface area contributed by atoms with E-state index < -0.39 is 15.4 Å². The molecule has 1 aromatic heterocycles. The van der Waals surface area contributed by atoms with Crippen molar-refractivity contribution < 1.29 is 13.5 Å². The number of aliphatic hydroxyl groups is 1. The number of hydrogen-bond acceptors (Lipinski definition) is 4. The molecular formula is C13H19ClO3S2. The van der Waals surface area contributed by atoms with E-state index in [-0.39, 0.29) is 11.5 Å². The average molecular weight is 323 g/mol. The van der Waals surface area contributed by atoms with Gasteiger partial charge in [0.25, 0.3) is 0 Å². The van der Waals surface area contributed by atoms with Crippen LogP contribution in [-0.4, -0.2) is 24.9 Å². The van der Waals surface area contributed by atoms with E-state index in [0.717, 1.165) is 17.7 Å². The van der Waals surface area contributed by atoms with Crippen LogP contribution >= 0.6 is 22.9 Å². The van der Waals surface area contributed by atoms with E-state index in [9.17, 15) is 13.5 Å². The molecule has 3 nitrogen and oxygen atoms in total. The molecule has 1 fully saturated rings. The van der Waals surface area contributed by atoms with E-state index in [1.807, 2.05) is 0 Å². The first-order valence-electron chi connectivity index (χ1n) is 6.45. The van der Waals surface area contributed by atoms with Crippen LogP contribution in [0.25, 0.3) is 0 Å². The minimum absolute atomic E-state index is 0.0255. The molecule has 1 N–H and O–H groups in total. The maximum Gasteiger partial charge on any atom is 0.158 e. The molecule has 0 spiro atoms. The highest BCUT2D eigenvalue weighted by atomic mass is 35.5. The van der Waals surface area contributed by atoms with Crippen LogP contribution in [0, 0.1) is 5.92 Å². The summed E-state index contributed by atoms with van der Waals surface area (Å²) >= 11 is 7.08. The Labute approximate surface area is 123 Å². The fraction of sp³-hybridized carbons (Fsp3) is 0.692. The molecular weight excluding hydrogens is 304 g/mol. The van der Waals surface area contributed by atoms with Gasteiger partial charge in [-0.25, -0.2) is 8.42 Å². The van der Waals surface area contributed by atoms with E-state index in [1.165, 1.54) is 11.3 Å². The molecule has 1 aliphatic rings. The van der Waals surface area contributed by atoms with Crippen molar-refractivity contribution in [2.24, 2.45) is 5.92 Å². The van der Waals surface area contributed by atoms with Gasteiger partial charge < -0.3 is 5.11 Å². The molecule has 19 heavy (non-hydrogen) atoms. The second-order valence-electron chi connectivity index (χ2n) is 5.64. The summed E-state index contributed by atoms with van der Waals surface area (Å²) in [4.78, 5) is 0.734. The molecule has 0 aliphatic heterocycles. The zero-order chi connectivity index (χ0) is 14.1. The second-order valence-corrected chi connectivity index (χ2v) is 9.51. The first-order chi connectivity index (χ1) is 8.78. The van der Waals surface area contributed by atoms with Crippen LogP contribution < -0.4 is 0 Å². The van der Waals surface area contributed by atoms with Crippen LogP contribution in [0.1, 0.15) is 37.5 Å². The van der Waals surface area contributed by atoms with Gasteiger partial charge >= 0.3 is 0 Å². The maximum atomic E-state index is 12.2. The van der Waals surface area contributed by atoms with Crippen molar-refractivity contribution in [2.75, 3.05) is 5.75 Å². The molecule has 0 amide bonds. The third kappa shape index (κ3) is 4.45. The largest absolute Gasteiger partial charge is 0.389 e. The third-order valence-electron chi connectivity index (χ3n) is 3.68. The van der Waals surface area contributed by atoms with Crippen molar-refractivity contribution in [3.8, 4) is 0 Å². The van der Waals surface area contributed by atoms with E-state index in [4.69, 9.17) is 11.6 Å². The zero-order valence-corrected chi connectivity index (χ0v) is 13.3. The Morgan fingerprint density at radius 1 is 1.42 bits per heavy atom. The minimum Gasteiger partial charge on any atom is -0.389 e. The van der Waals surface area contributed by atoms with E-state index in [1.54, 1.807) is 12.1 Å². The van der Waals surface area contributed by atoms with Crippen LogP contribution in [-0.2, 0) is 15.6 Å². The lowest BCUT2D eigenvalue weighted by Crippen LogP contribution is -2.40. The lowest BCUT2D eigenvalue weighted by molar-refractivity contribution is 0.0135. The molecule has 1 heterocycles. The molecule has 1 saturated carbocycles. The molecule has 6 heteroatoms. The van der Waals surface area contributed by atoms with Crippen molar-refractivity contribution >= 4 is 32.8 Å². The molecule has 0 bridgehead atoms. The maximum absolute atomic E-state index is 12.2. The standard InChI is InChI=1S/C13H19ClO3S2/c1-10-4-6-13(15,7-5-10)9-19(16,17)8-11-2-3-12(14)18-11/h2-3,10,15H,4-9H2,1H3. The Balaban J connectivity index is 2.01. The Morgan fingerprint density at radius 2 is 2.05 bits per heavy atom. The summed E-state index contributed by atoms with van der Waals surface area (Å²) in [5, 5.41) is 10.4. The summed E-state index contributed by atoms with van der Waals surface area (Å²) in [7, 11) is -3.30. The molecule has 2 rings (SSSR count). The first kappa shape index (κ1) is 15.3. The minimum atomic E-state index is -3.30. The smallest absolute Gasteiger partial charge is 0.158 e. The summed E-state index contributed by atoms with van der Waals surface area (Å²) in [5.74, 6) is 0.420. The van der Waals surface area contributed by atoms with Crippen LogP contribution in [0.2, 0.25) is 4.34 Å². The Hall–Kier alpha value is -0.100. The van der Waals surface area contributed by atoms with Gasteiger partial charge in [0, 0.05) is 4.88 Å². The van der Waals surface area contributed by atoms with Gasteiger partial charge in [-0.3, -0.25) is 0 Å². The molecule has 1 aromatic rings. The fourth-order valence-corrected chi connectivity index (χ4v) is 5.95. The quantitative estimate of drug-likeness (QED) is 0.925. The van der Waals surface area contributed by atoms with Crippen molar-refractivity contribution in [1.29, 1.82) is 0 Å². The van der Waals surface area contributed by atoms with Crippen LogP contribution in [0.3, 0.4) is 0 Å². The van der Waals surface area contributed by atoms with Crippen molar-refractivity contribution in [3.05, 3.63) is 21.3 Å². The number of rotatable bonds is 4. The average Bonchev–Trinajstić information content (AvgIpc) is 2.67. The molecule has 108 valence electrons. The lowest BCUT2D eigenvalue weighted by atomic mass is 9.81. The molecule has 1 aliphatic carbocycles. The normalized spacial score (nSPS) is 28.5. The van der Waals surface area contributed by atoms with Crippen molar-refractivity contribution in [1.82, 2.24) is 0 Å². The summed E-state index contributed by atoms with van der Waals surface area (Å²) in [6, 6.07) is 3.44. The number of thiophene rings is 1. The molecule has 0 radical (unpaired) electrons. The van der Waals surface area contributed by atoms with Crippen LogP contribution in [0.4, 0.5) is 0 Å². The number of halogens is 1.